The molecule has 5 nitrogen and oxygen atoms in total. The van der Waals surface area contributed by atoms with Crippen LogP contribution in [-0.2, 0) is 4.74 Å². The summed E-state index contributed by atoms with van der Waals surface area (Å²) in [4.78, 5) is 28.3. The predicted molar refractivity (Wildman–Crippen MR) is 108 cm³/mol. The number of ether oxygens (including phenoxy) is 1. The van der Waals surface area contributed by atoms with Gasteiger partial charge in [0.05, 0.1) is 23.1 Å². The summed E-state index contributed by atoms with van der Waals surface area (Å²) in [5.74, 6) is -0.101. The molecule has 0 saturated carbocycles. The molecule has 0 aliphatic carbocycles. The number of hydrogen-bond acceptors (Lipinski definition) is 4. The van der Waals surface area contributed by atoms with Crippen LogP contribution in [-0.4, -0.2) is 30.1 Å². The van der Waals surface area contributed by atoms with Crippen LogP contribution in [0.5, 0.6) is 0 Å². The second-order valence-corrected chi connectivity index (χ2v) is 8.13. The summed E-state index contributed by atoms with van der Waals surface area (Å²) in [6.07, 6.45) is 1.89. The van der Waals surface area contributed by atoms with E-state index in [4.69, 9.17) is 9.15 Å². The van der Waals surface area contributed by atoms with Gasteiger partial charge in [0, 0.05) is 17.6 Å². The highest BCUT2D eigenvalue weighted by molar-refractivity contribution is 9.10. The summed E-state index contributed by atoms with van der Waals surface area (Å²) in [5, 5.41) is 0.495. The molecule has 1 amide bonds. The van der Waals surface area contributed by atoms with Crippen LogP contribution < -0.4 is 5.43 Å². The van der Waals surface area contributed by atoms with Gasteiger partial charge < -0.3 is 14.1 Å². The SMILES string of the molecule is O=C1c2oc3ccccc3c(=O)c2[C@@H](c2ccc(Br)cc2)N1C[C@@H]1CCCO1. The smallest absolute Gasteiger partial charge is 0.291 e. The van der Waals surface area contributed by atoms with Crippen molar-refractivity contribution in [3.05, 3.63) is 80.1 Å². The quantitative estimate of drug-likeness (QED) is 0.610. The van der Waals surface area contributed by atoms with Crippen molar-refractivity contribution in [2.45, 2.75) is 25.0 Å². The maximum Gasteiger partial charge on any atom is 0.291 e. The molecule has 5 rings (SSSR count). The number of rotatable bonds is 3. The zero-order valence-corrected chi connectivity index (χ0v) is 16.6. The highest BCUT2D eigenvalue weighted by atomic mass is 79.9. The first-order chi connectivity index (χ1) is 13.6. The zero-order valence-electron chi connectivity index (χ0n) is 15.1. The van der Waals surface area contributed by atoms with Crippen molar-refractivity contribution in [3.8, 4) is 0 Å². The number of halogens is 1. The molecule has 3 aromatic rings. The van der Waals surface area contributed by atoms with Gasteiger partial charge in [-0.3, -0.25) is 9.59 Å². The van der Waals surface area contributed by atoms with Gasteiger partial charge in [0.25, 0.3) is 5.91 Å². The highest BCUT2D eigenvalue weighted by Gasteiger charge is 2.43. The van der Waals surface area contributed by atoms with Crippen LogP contribution in [0.25, 0.3) is 11.0 Å². The van der Waals surface area contributed by atoms with E-state index in [1.807, 2.05) is 24.3 Å². The van der Waals surface area contributed by atoms with E-state index in [-0.39, 0.29) is 23.2 Å². The van der Waals surface area contributed by atoms with Crippen molar-refractivity contribution in [1.82, 2.24) is 4.90 Å². The fourth-order valence-electron chi connectivity index (χ4n) is 4.15. The molecule has 2 atom stereocenters. The van der Waals surface area contributed by atoms with Gasteiger partial charge in [-0.15, -0.1) is 0 Å². The maximum atomic E-state index is 13.3. The molecule has 3 heterocycles. The molecule has 0 radical (unpaired) electrons. The number of hydrogen-bond donors (Lipinski definition) is 0. The minimum absolute atomic E-state index is 0.0132. The number of para-hydroxylation sites is 1. The lowest BCUT2D eigenvalue weighted by Crippen LogP contribution is -2.36. The minimum Gasteiger partial charge on any atom is -0.450 e. The van der Waals surface area contributed by atoms with Crippen LogP contribution in [0.1, 0.15) is 40.6 Å². The van der Waals surface area contributed by atoms with Crippen LogP contribution in [0.15, 0.2) is 62.2 Å². The normalized spacial score (nSPS) is 21.5. The molecule has 2 aliphatic heterocycles. The molecule has 1 saturated heterocycles. The van der Waals surface area contributed by atoms with E-state index in [1.54, 1.807) is 29.2 Å². The standard InChI is InChI=1S/C22H18BrNO4/c23-14-9-7-13(8-10-14)19-18-20(25)16-5-1-2-6-17(16)28-21(18)22(26)24(19)12-15-4-3-11-27-15/h1-2,5-10,15,19H,3-4,11-12H2/t15-,19+/m0/s1. The van der Waals surface area contributed by atoms with E-state index in [2.05, 4.69) is 15.9 Å². The van der Waals surface area contributed by atoms with Crippen LogP contribution in [0.3, 0.4) is 0 Å². The van der Waals surface area contributed by atoms with Crippen molar-refractivity contribution in [3.63, 3.8) is 0 Å². The molecule has 2 aromatic carbocycles. The molecule has 0 unspecified atom stereocenters. The highest BCUT2D eigenvalue weighted by Crippen LogP contribution is 2.39. The van der Waals surface area contributed by atoms with Crippen molar-refractivity contribution in [1.29, 1.82) is 0 Å². The Balaban J connectivity index is 1.70. The predicted octanol–water partition coefficient (Wildman–Crippen LogP) is 4.28. The Labute approximate surface area is 170 Å². The van der Waals surface area contributed by atoms with Crippen molar-refractivity contribution in [2.24, 2.45) is 0 Å². The van der Waals surface area contributed by atoms with E-state index in [0.29, 0.717) is 29.7 Å². The molecule has 142 valence electrons. The molecule has 1 fully saturated rings. The van der Waals surface area contributed by atoms with Gasteiger partial charge in [-0.1, -0.05) is 40.2 Å². The Morgan fingerprint density at radius 2 is 1.86 bits per heavy atom. The Kier molecular flexibility index (Phi) is 4.33. The first-order valence-corrected chi connectivity index (χ1v) is 10.2. The van der Waals surface area contributed by atoms with E-state index >= 15 is 0 Å². The largest absolute Gasteiger partial charge is 0.450 e. The first-order valence-electron chi connectivity index (χ1n) is 9.37. The number of amides is 1. The van der Waals surface area contributed by atoms with Crippen LogP contribution in [0, 0.1) is 0 Å². The molecular formula is C22H18BrNO4. The lowest BCUT2D eigenvalue weighted by Gasteiger charge is -2.27. The Bertz CT molecular complexity index is 1120. The molecule has 1 aromatic heterocycles. The molecule has 0 N–H and O–H groups in total. The van der Waals surface area contributed by atoms with E-state index in [9.17, 15) is 9.59 Å². The van der Waals surface area contributed by atoms with Crippen molar-refractivity contribution < 1.29 is 13.9 Å². The van der Waals surface area contributed by atoms with E-state index < -0.39 is 6.04 Å². The van der Waals surface area contributed by atoms with E-state index in [1.165, 1.54) is 0 Å². The topological polar surface area (TPSA) is 59.8 Å². The van der Waals surface area contributed by atoms with Gasteiger partial charge in [0.1, 0.15) is 5.58 Å². The number of carbonyl (C=O) groups is 1. The number of benzene rings is 2. The summed E-state index contributed by atoms with van der Waals surface area (Å²) in [6, 6.07) is 14.3. The zero-order chi connectivity index (χ0) is 19.3. The Morgan fingerprint density at radius 1 is 1.07 bits per heavy atom. The lowest BCUT2D eigenvalue weighted by atomic mass is 9.98. The van der Waals surface area contributed by atoms with Crippen molar-refractivity contribution in [2.75, 3.05) is 13.2 Å². The molecule has 2 aliphatic rings. The van der Waals surface area contributed by atoms with Crippen LogP contribution in [0.2, 0.25) is 0 Å². The Morgan fingerprint density at radius 3 is 2.61 bits per heavy atom. The van der Waals surface area contributed by atoms with Crippen LogP contribution >= 0.6 is 15.9 Å². The van der Waals surface area contributed by atoms with Gasteiger partial charge in [0.15, 0.2) is 5.43 Å². The molecule has 28 heavy (non-hydrogen) atoms. The number of carbonyl (C=O) groups excluding carboxylic acids is 1. The van der Waals surface area contributed by atoms with Gasteiger partial charge >= 0.3 is 0 Å². The third-order valence-corrected chi connectivity index (χ3v) is 6.01. The van der Waals surface area contributed by atoms with Crippen molar-refractivity contribution >= 4 is 32.8 Å². The average molecular weight is 440 g/mol. The average Bonchev–Trinajstić information content (AvgIpc) is 3.31. The number of nitrogens with zero attached hydrogens (tertiary/aromatic N) is 1. The van der Waals surface area contributed by atoms with Gasteiger partial charge in [0.2, 0.25) is 5.76 Å². The fourth-order valence-corrected chi connectivity index (χ4v) is 4.42. The lowest BCUT2D eigenvalue weighted by molar-refractivity contribution is 0.0486. The van der Waals surface area contributed by atoms with Crippen LogP contribution in [0.4, 0.5) is 0 Å². The third kappa shape index (κ3) is 2.79. The second kappa shape index (κ2) is 6.87. The third-order valence-electron chi connectivity index (χ3n) is 5.48. The first kappa shape index (κ1) is 17.6. The van der Waals surface area contributed by atoms with Gasteiger partial charge in [-0.2, -0.15) is 0 Å². The van der Waals surface area contributed by atoms with Gasteiger partial charge in [-0.05, 0) is 42.7 Å². The fraction of sp³-hybridized carbons (Fsp3) is 0.273. The summed E-state index contributed by atoms with van der Waals surface area (Å²) >= 11 is 3.45. The minimum atomic E-state index is -0.472. The summed E-state index contributed by atoms with van der Waals surface area (Å²) in [7, 11) is 0. The molecular weight excluding hydrogens is 422 g/mol. The molecule has 0 bridgehead atoms. The van der Waals surface area contributed by atoms with Gasteiger partial charge in [-0.25, -0.2) is 0 Å². The molecule has 6 heteroatoms. The summed E-state index contributed by atoms with van der Waals surface area (Å²) in [6.45, 7) is 1.16. The second-order valence-electron chi connectivity index (χ2n) is 7.22. The summed E-state index contributed by atoms with van der Waals surface area (Å²) in [5.41, 5.74) is 1.60. The van der Waals surface area contributed by atoms with E-state index in [0.717, 1.165) is 22.9 Å². The molecule has 0 spiro atoms. The monoisotopic (exact) mass is 439 g/mol. The number of fused-ring (bicyclic) bond motifs is 2. The Hall–Kier alpha value is -2.44. The maximum absolute atomic E-state index is 13.3. The summed E-state index contributed by atoms with van der Waals surface area (Å²) < 4.78 is 12.6.